The summed E-state index contributed by atoms with van der Waals surface area (Å²) in [5, 5.41) is 0. The van der Waals surface area contributed by atoms with Crippen LogP contribution >= 0.6 is 0 Å². The van der Waals surface area contributed by atoms with E-state index in [4.69, 9.17) is 4.74 Å². The van der Waals surface area contributed by atoms with Crippen molar-refractivity contribution in [2.75, 3.05) is 7.11 Å². The lowest BCUT2D eigenvalue weighted by atomic mass is 9.79. The molecule has 1 fully saturated rings. The van der Waals surface area contributed by atoms with Crippen molar-refractivity contribution >= 4 is 0 Å². The van der Waals surface area contributed by atoms with E-state index in [0.29, 0.717) is 17.2 Å². The molecular formula is C20H23FO. The molecule has 3 rings (SSSR count). The fraction of sp³-hybridized carbons (Fsp3) is 0.400. The molecule has 0 N–H and O–H groups in total. The van der Waals surface area contributed by atoms with Crippen molar-refractivity contribution in [2.24, 2.45) is 5.92 Å². The molecule has 0 heterocycles. The normalized spacial score (nSPS) is 21.6. The second-order valence-corrected chi connectivity index (χ2v) is 6.42. The van der Waals surface area contributed by atoms with Gasteiger partial charge in [-0.2, -0.15) is 0 Å². The zero-order valence-corrected chi connectivity index (χ0v) is 13.3. The van der Waals surface area contributed by atoms with E-state index in [1.165, 1.54) is 37.3 Å². The van der Waals surface area contributed by atoms with E-state index in [-0.39, 0.29) is 5.82 Å². The van der Waals surface area contributed by atoms with E-state index in [2.05, 4.69) is 19.1 Å². The zero-order valence-electron chi connectivity index (χ0n) is 13.3. The van der Waals surface area contributed by atoms with Crippen molar-refractivity contribution in [3.05, 3.63) is 53.8 Å². The third kappa shape index (κ3) is 3.16. The molecule has 2 aromatic carbocycles. The van der Waals surface area contributed by atoms with E-state index in [0.717, 1.165) is 11.5 Å². The maximum atomic E-state index is 14.1. The van der Waals surface area contributed by atoms with Gasteiger partial charge in [0.2, 0.25) is 0 Å². The molecule has 22 heavy (non-hydrogen) atoms. The van der Waals surface area contributed by atoms with Crippen LogP contribution in [-0.4, -0.2) is 7.11 Å². The van der Waals surface area contributed by atoms with Gasteiger partial charge in [0.15, 0.2) is 0 Å². The van der Waals surface area contributed by atoms with Gasteiger partial charge in [0.25, 0.3) is 0 Å². The molecule has 0 spiro atoms. The molecule has 0 amide bonds. The molecule has 0 aromatic heterocycles. The van der Waals surface area contributed by atoms with Crippen molar-refractivity contribution in [2.45, 2.75) is 38.5 Å². The van der Waals surface area contributed by atoms with Gasteiger partial charge in [-0.1, -0.05) is 44.0 Å². The van der Waals surface area contributed by atoms with Crippen molar-refractivity contribution in [1.82, 2.24) is 0 Å². The first-order valence-corrected chi connectivity index (χ1v) is 8.11. The van der Waals surface area contributed by atoms with Gasteiger partial charge in [-0.3, -0.25) is 0 Å². The molecule has 0 bridgehead atoms. The number of methoxy groups -OCH3 is 1. The summed E-state index contributed by atoms with van der Waals surface area (Å²) in [6.07, 6.45) is 5.19. The second-order valence-electron chi connectivity index (χ2n) is 6.42. The Kier molecular flexibility index (Phi) is 4.47. The quantitative estimate of drug-likeness (QED) is 0.696. The summed E-state index contributed by atoms with van der Waals surface area (Å²) in [6, 6.07) is 13.4. The lowest BCUT2D eigenvalue weighted by Crippen LogP contribution is -2.10. The van der Waals surface area contributed by atoms with Gasteiger partial charge < -0.3 is 4.74 Å². The van der Waals surface area contributed by atoms with Gasteiger partial charge in [0.05, 0.1) is 7.11 Å². The number of hydrogen-bond donors (Lipinski definition) is 0. The first-order valence-electron chi connectivity index (χ1n) is 8.11. The van der Waals surface area contributed by atoms with Gasteiger partial charge in [0, 0.05) is 11.6 Å². The number of ether oxygens (including phenoxy) is 1. The Hall–Kier alpha value is -1.83. The average Bonchev–Trinajstić information content (AvgIpc) is 2.56. The van der Waals surface area contributed by atoms with Crippen LogP contribution in [0.15, 0.2) is 42.5 Å². The number of halogens is 1. The van der Waals surface area contributed by atoms with Crippen LogP contribution in [0.5, 0.6) is 5.75 Å². The summed E-state index contributed by atoms with van der Waals surface area (Å²) in [5.74, 6) is 1.85. The highest BCUT2D eigenvalue weighted by Crippen LogP contribution is 2.36. The van der Waals surface area contributed by atoms with E-state index in [1.807, 2.05) is 12.1 Å². The molecule has 0 unspecified atom stereocenters. The Morgan fingerprint density at radius 2 is 1.64 bits per heavy atom. The molecule has 0 radical (unpaired) electrons. The number of rotatable bonds is 3. The van der Waals surface area contributed by atoms with Crippen molar-refractivity contribution in [3.8, 4) is 16.9 Å². The van der Waals surface area contributed by atoms with Gasteiger partial charge >= 0.3 is 0 Å². The Labute approximate surface area is 132 Å². The first-order chi connectivity index (χ1) is 10.7. The molecule has 1 aliphatic carbocycles. The monoisotopic (exact) mass is 298 g/mol. The zero-order chi connectivity index (χ0) is 15.5. The third-order valence-corrected chi connectivity index (χ3v) is 4.89. The third-order valence-electron chi connectivity index (χ3n) is 4.89. The molecule has 1 nitrogen and oxygen atoms in total. The van der Waals surface area contributed by atoms with Crippen LogP contribution in [0.3, 0.4) is 0 Å². The second kappa shape index (κ2) is 6.51. The Balaban J connectivity index is 1.79. The minimum atomic E-state index is -0.237. The topological polar surface area (TPSA) is 9.23 Å². The van der Waals surface area contributed by atoms with Crippen LogP contribution in [0.4, 0.5) is 4.39 Å². The summed E-state index contributed by atoms with van der Waals surface area (Å²) in [4.78, 5) is 0. The van der Waals surface area contributed by atoms with Crippen LogP contribution in [0.25, 0.3) is 11.1 Å². The Morgan fingerprint density at radius 1 is 0.955 bits per heavy atom. The molecule has 0 saturated heterocycles. The van der Waals surface area contributed by atoms with E-state index >= 15 is 0 Å². The van der Waals surface area contributed by atoms with Crippen LogP contribution in [0.1, 0.15) is 44.1 Å². The predicted molar refractivity (Wildman–Crippen MR) is 88.8 cm³/mol. The largest absolute Gasteiger partial charge is 0.497 e. The lowest BCUT2D eigenvalue weighted by molar-refractivity contribution is 0.348. The molecule has 2 aromatic rings. The summed E-state index contributed by atoms with van der Waals surface area (Å²) in [6.45, 7) is 2.34. The van der Waals surface area contributed by atoms with Crippen LogP contribution in [-0.2, 0) is 0 Å². The Bertz CT molecular complexity index is 625. The van der Waals surface area contributed by atoms with Crippen molar-refractivity contribution in [1.29, 1.82) is 0 Å². The predicted octanol–water partition coefficient (Wildman–Crippen LogP) is 5.80. The maximum Gasteiger partial charge on any atom is 0.134 e. The molecule has 0 aliphatic heterocycles. The van der Waals surface area contributed by atoms with E-state index < -0.39 is 0 Å². The highest BCUT2D eigenvalue weighted by molar-refractivity contribution is 5.65. The molecular weight excluding hydrogens is 275 g/mol. The van der Waals surface area contributed by atoms with Crippen LogP contribution in [0.2, 0.25) is 0 Å². The summed E-state index contributed by atoms with van der Waals surface area (Å²) < 4.78 is 19.2. The smallest absolute Gasteiger partial charge is 0.134 e. The molecule has 2 heteroatoms. The summed E-state index contributed by atoms with van der Waals surface area (Å²) >= 11 is 0. The van der Waals surface area contributed by atoms with Gasteiger partial charge in [0.1, 0.15) is 11.6 Å². The fourth-order valence-electron chi connectivity index (χ4n) is 3.39. The van der Waals surface area contributed by atoms with Crippen molar-refractivity contribution in [3.63, 3.8) is 0 Å². The molecule has 0 atom stereocenters. The number of hydrogen-bond acceptors (Lipinski definition) is 1. The SMILES string of the molecule is COc1ccc(-c2ccc(C3CCC(C)CC3)cc2)c(F)c1. The minimum absolute atomic E-state index is 0.237. The standard InChI is InChI=1S/C20H23FO/c1-14-3-5-15(6-4-14)16-7-9-17(10-8-16)19-12-11-18(22-2)13-20(19)21/h7-15H,3-6H2,1-2H3. The van der Waals surface area contributed by atoms with Gasteiger partial charge in [-0.25, -0.2) is 4.39 Å². The lowest BCUT2D eigenvalue weighted by Gasteiger charge is -2.26. The first kappa shape index (κ1) is 15.1. The van der Waals surface area contributed by atoms with Crippen molar-refractivity contribution < 1.29 is 9.13 Å². The van der Waals surface area contributed by atoms with Crippen LogP contribution in [0, 0.1) is 11.7 Å². The minimum Gasteiger partial charge on any atom is -0.497 e. The average molecular weight is 298 g/mol. The van der Waals surface area contributed by atoms with E-state index in [9.17, 15) is 4.39 Å². The van der Waals surface area contributed by atoms with Gasteiger partial charge in [-0.05, 0) is 47.9 Å². The molecule has 1 saturated carbocycles. The van der Waals surface area contributed by atoms with E-state index in [1.54, 1.807) is 19.2 Å². The fourth-order valence-corrected chi connectivity index (χ4v) is 3.39. The Morgan fingerprint density at radius 3 is 2.23 bits per heavy atom. The molecule has 116 valence electrons. The highest BCUT2D eigenvalue weighted by Gasteiger charge is 2.19. The van der Waals surface area contributed by atoms with Gasteiger partial charge in [-0.15, -0.1) is 0 Å². The number of benzene rings is 2. The molecule has 1 aliphatic rings. The summed E-state index contributed by atoms with van der Waals surface area (Å²) in [7, 11) is 1.55. The maximum absolute atomic E-state index is 14.1. The van der Waals surface area contributed by atoms with Crippen LogP contribution < -0.4 is 4.74 Å². The summed E-state index contributed by atoms with van der Waals surface area (Å²) in [5.41, 5.74) is 2.95. The highest BCUT2D eigenvalue weighted by atomic mass is 19.1.